The number of thiophene rings is 1. The molecular weight excluding hydrogens is 532 g/mol. The Balaban J connectivity index is 1.19. The quantitative estimate of drug-likeness (QED) is 0.212. The van der Waals surface area contributed by atoms with E-state index < -0.39 is 0 Å². The van der Waals surface area contributed by atoms with Crippen molar-refractivity contribution in [2.45, 2.75) is 0 Å². The summed E-state index contributed by atoms with van der Waals surface area (Å²) >= 11 is 1.65. The van der Waals surface area contributed by atoms with Gasteiger partial charge in [0.2, 0.25) is 0 Å². The Kier molecular flexibility index (Phi) is 5.98. The van der Waals surface area contributed by atoms with Crippen molar-refractivity contribution < 1.29 is 4.42 Å². The first-order chi connectivity index (χ1) is 20.8. The highest BCUT2D eigenvalue weighted by Gasteiger charge is 2.14. The number of nitrogens with zero attached hydrogens (tertiary/aromatic N) is 2. The number of fused-ring (bicyclic) bond motifs is 3. The molecule has 5 aromatic carbocycles. The van der Waals surface area contributed by atoms with Crippen molar-refractivity contribution in [2.24, 2.45) is 0 Å². The van der Waals surface area contributed by atoms with Gasteiger partial charge in [0.1, 0.15) is 11.2 Å². The van der Waals surface area contributed by atoms with Crippen molar-refractivity contribution in [1.82, 2.24) is 9.97 Å². The standard InChI is InChI=1S/C38H24N2OS/c1-2-8-25(9-3-1)26-15-19-28(20-16-26)33-24-34(40-38(39-33)36-14-7-23-42-36)29-21-17-27(18-22-29)30-11-6-12-32-31-10-4-5-13-35(31)41-37(30)32/h1-24H. The number of hydrogen-bond acceptors (Lipinski definition) is 4. The minimum absolute atomic E-state index is 0.737. The minimum Gasteiger partial charge on any atom is -0.455 e. The molecular formula is C38H24N2OS. The molecule has 0 aliphatic rings. The smallest absolute Gasteiger partial charge is 0.170 e. The molecule has 0 fully saturated rings. The van der Waals surface area contributed by atoms with Gasteiger partial charge < -0.3 is 4.42 Å². The summed E-state index contributed by atoms with van der Waals surface area (Å²) in [6, 6.07) is 48.4. The van der Waals surface area contributed by atoms with Crippen LogP contribution in [-0.2, 0) is 0 Å². The second kappa shape index (κ2) is 10.3. The first-order valence-corrected chi connectivity index (χ1v) is 14.8. The Morgan fingerprint density at radius 3 is 1.81 bits per heavy atom. The summed E-state index contributed by atoms with van der Waals surface area (Å²) < 4.78 is 6.29. The Morgan fingerprint density at radius 2 is 1.10 bits per heavy atom. The average Bonchev–Trinajstić information content (AvgIpc) is 3.74. The van der Waals surface area contributed by atoms with Crippen LogP contribution < -0.4 is 0 Å². The third-order valence-corrected chi connectivity index (χ3v) is 8.52. The molecule has 3 heterocycles. The predicted molar refractivity (Wildman–Crippen MR) is 174 cm³/mol. The van der Waals surface area contributed by atoms with Crippen LogP contribution in [0.4, 0.5) is 0 Å². The number of hydrogen-bond donors (Lipinski definition) is 0. The first kappa shape index (κ1) is 24.5. The molecule has 8 aromatic rings. The zero-order chi connectivity index (χ0) is 27.9. The summed E-state index contributed by atoms with van der Waals surface area (Å²) in [6.07, 6.45) is 0. The highest BCUT2D eigenvalue weighted by molar-refractivity contribution is 7.13. The Hall–Kier alpha value is -5.32. The van der Waals surface area contributed by atoms with Crippen molar-refractivity contribution in [3.8, 4) is 55.5 Å². The van der Waals surface area contributed by atoms with E-state index in [1.807, 2.05) is 24.3 Å². The zero-order valence-corrected chi connectivity index (χ0v) is 23.4. The van der Waals surface area contributed by atoms with Gasteiger partial charge in [0.15, 0.2) is 5.82 Å². The normalized spacial score (nSPS) is 11.3. The van der Waals surface area contributed by atoms with Crippen LogP contribution in [0, 0.1) is 0 Å². The van der Waals surface area contributed by atoms with E-state index in [1.54, 1.807) is 11.3 Å². The fourth-order valence-electron chi connectivity index (χ4n) is 5.52. The van der Waals surface area contributed by atoms with E-state index in [-0.39, 0.29) is 0 Å². The maximum absolute atomic E-state index is 6.29. The molecule has 0 aliphatic heterocycles. The summed E-state index contributed by atoms with van der Waals surface area (Å²) in [4.78, 5) is 11.0. The van der Waals surface area contributed by atoms with E-state index in [1.165, 1.54) is 11.1 Å². The molecule has 0 spiro atoms. The van der Waals surface area contributed by atoms with E-state index in [4.69, 9.17) is 14.4 Å². The van der Waals surface area contributed by atoms with Gasteiger partial charge in [0.05, 0.1) is 16.3 Å². The van der Waals surface area contributed by atoms with Gasteiger partial charge in [-0.1, -0.05) is 121 Å². The number of furan rings is 1. The lowest BCUT2D eigenvalue weighted by atomic mass is 9.99. The fourth-order valence-corrected chi connectivity index (χ4v) is 6.18. The fraction of sp³-hybridized carbons (Fsp3) is 0. The SMILES string of the molecule is c1ccc(-c2ccc(-c3cc(-c4ccc(-c5cccc6c5oc5ccccc56)cc4)nc(-c4cccs4)n3)cc2)cc1. The van der Waals surface area contributed by atoms with Gasteiger partial charge in [0.25, 0.3) is 0 Å². The Morgan fingerprint density at radius 1 is 0.476 bits per heavy atom. The molecule has 0 bridgehead atoms. The average molecular weight is 557 g/mol. The van der Waals surface area contributed by atoms with Crippen LogP contribution in [0.25, 0.3) is 77.4 Å². The van der Waals surface area contributed by atoms with Gasteiger partial charge in [0, 0.05) is 27.5 Å². The van der Waals surface area contributed by atoms with E-state index in [0.717, 1.165) is 66.3 Å². The number of para-hydroxylation sites is 2. The van der Waals surface area contributed by atoms with Crippen LogP contribution in [0.5, 0.6) is 0 Å². The molecule has 0 unspecified atom stereocenters. The number of benzene rings is 5. The molecule has 0 atom stereocenters. The Bertz CT molecular complexity index is 2160. The largest absolute Gasteiger partial charge is 0.455 e. The molecule has 0 aliphatic carbocycles. The second-order valence-corrected chi connectivity index (χ2v) is 11.2. The molecule has 42 heavy (non-hydrogen) atoms. The molecule has 0 saturated carbocycles. The van der Waals surface area contributed by atoms with Crippen LogP contribution in [0.2, 0.25) is 0 Å². The summed E-state index contributed by atoms with van der Waals surface area (Å²) in [5.74, 6) is 0.737. The van der Waals surface area contributed by atoms with E-state index in [2.05, 4.69) is 121 Å². The van der Waals surface area contributed by atoms with E-state index in [0.29, 0.717) is 0 Å². The molecule has 3 aromatic heterocycles. The summed E-state index contributed by atoms with van der Waals surface area (Å²) in [6.45, 7) is 0. The maximum Gasteiger partial charge on any atom is 0.170 e. The van der Waals surface area contributed by atoms with Gasteiger partial charge in [-0.05, 0) is 40.3 Å². The first-order valence-electron chi connectivity index (χ1n) is 13.9. The van der Waals surface area contributed by atoms with Gasteiger partial charge in [-0.15, -0.1) is 11.3 Å². The monoisotopic (exact) mass is 556 g/mol. The van der Waals surface area contributed by atoms with Gasteiger partial charge in [-0.2, -0.15) is 0 Å². The van der Waals surface area contributed by atoms with Crippen LogP contribution in [-0.4, -0.2) is 9.97 Å². The molecule has 198 valence electrons. The number of aromatic nitrogens is 2. The Labute approximate surface area is 247 Å². The van der Waals surface area contributed by atoms with E-state index in [9.17, 15) is 0 Å². The molecule has 0 radical (unpaired) electrons. The van der Waals surface area contributed by atoms with Crippen LogP contribution in [0.3, 0.4) is 0 Å². The lowest BCUT2D eigenvalue weighted by Gasteiger charge is -2.10. The maximum atomic E-state index is 6.29. The van der Waals surface area contributed by atoms with Crippen molar-refractivity contribution in [2.75, 3.05) is 0 Å². The topological polar surface area (TPSA) is 38.9 Å². The minimum atomic E-state index is 0.737. The highest BCUT2D eigenvalue weighted by Crippen LogP contribution is 2.37. The summed E-state index contributed by atoms with van der Waals surface area (Å²) in [7, 11) is 0. The van der Waals surface area contributed by atoms with Crippen molar-refractivity contribution in [3.05, 3.63) is 145 Å². The second-order valence-electron chi connectivity index (χ2n) is 10.2. The van der Waals surface area contributed by atoms with E-state index >= 15 is 0 Å². The van der Waals surface area contributed by atoms with Crippen LogP contribution in [0.1, 0.15) is 0 Å². The highest BCUT2D eigenvalue weighted by atomic mass is 32.1. The lowest BCUT2D eigenvalue weighted by molar-refractivity contribution is 0.670. The number of rotatable bonds is 5. The molecule has 0 saturated heterocycles. The van der Waals surface area contributed by atoms with Gasteiger partial charge >= 0.3 is 0 Å². The molecule has 0 N–H and O–H groups in total. The van der Waals surface area contributed by atoms with Crippen LogP contribution >= 0.6 is 11.3 Å². The van der Waals surface area contributed by atoms with Gasteiger partial charge in [-0.3, -0.25) is 0 Å². The zero-order valence-electron chi connectivity index (χ0n) is 22.6. The molecule has 0 amide bonds. The van der Waals surface area contributed by atoms with Crippen molar-refractivity contribution in [1.29, 1.82) is 0 Å². The third kappa shape index (κ3) is 4.39. The lowest BCUT2D eigenvalue weighted by Crippen LogP contribution is -1.95. The molecule has 8 rings (SSSR count). The van der Waals surface area contributed by atoms with Crippen LogP contribution in [0.15, 0.2) is 149 Å². The van der Waals surface area contributed by atoms with Crippen molar-refractivity contribution in [3.63, 3.8) is 0 Å². The van der Waals surface area contributed by atoms with Gasteiger partial charge in [-0.25, -0.2) is 9.97 Å². The summed E-state index contributed by atoms with van der Waals surface area (Å²) in [5, 5.41) is 4.33. The third-order valence-electron chi connectivity index (χ3n) is 7.65. The summed E-state index contributed by atoms with van der Waals surface area (Å²) in [5.41, 5.74) is 10.3. The predicted octanol–water partition coefficient (Wildman–Crippen LogP) is 10.8. The van der Waals surface area contributed by atoms with Crippen molar-refractivity contribution >= 4 is 33.3 Å². The molecule has 3 nitrogen and oxygen atoms in total. The molecule has 4 heteroatoms.